The van der Waals surface area contributed by atoms with Gasteiger partial charge in [-0.2, -0.15) is 9.61 Å². The number of aromatic nitrogens is 3. The number of nitrogens with zero attached hydrogens (tertiary/aromatic N) is 4. The quantitative estimate of drug-likeness (QED) is 0.670. The molecule has 3 aromatic rings. The second-order valence-corrected chi connectivity index (χ2v) is 7.51. The molecule has 3 heterocycles. The van der Waals surface area contributed by atoms with Crippen LogP contribution in [0.4, 0.5) is 8.78 Å². The molecule has 1 aliphatic heterocycles. The van der Waals surface area contributed by atoms with E-state index in [1.54, 1.807) is 0 Å². The maximum atomic E-state index is 14.2. The van der Waals surface area contributed by atoms with Crippen molar-refractivity contribution in [3.8, 4) is 17.1 Å². The Kier molecular flexibility index (Phi) is 5.63. The number of rotatable bonds is 5. The minimum absolute atomic E-state index is 0.0180. The summed E-state index contributed by atoms with van der Waals surface area (Å²) in [7, 11) is 0. The fourth-order valence-corrected chi connectivity index (χ4v) is 3.78. The third-order valence-corrected chi connectivity index (χ3v) is 5.61. The van der Waals surface area contributed by atoms with Crippen molar-refractivity contribution >= 4 is 11.6 Å². The lowest BCUT2D eigenvalue weighted by Crippen LogP contribution is -2.38. The molecule has 4 rings (SSSR count). The molecule has 158 valence electrons. The van der Waals surface area contributed by atoms with Crippen molar-refractivity contribution in [1.82, 2.24) is 24.8 Å². The van der Waals surface area contributed by atoms with Gasteiger partial charge in [0.2, 0.25) is 5.88 Å². The van der Waals surface area contributed by atoms with Crippen LogP contribution >= 0.6 is 0 Å². The molecular weight excluding hydrogens is 392 g/mol. The van der Waals surface area contributed by atoms with Crippen LogP contribution in [0, 0.1) is 17.6 Å². The van der Waals surface area contributed by atoms with Crippen molar-refractivity contribution < 1.29 is 18.7 Å². The van der Waals surface area contributed by atoms with Crippen LogP contribution in [0.5, 0.6) is 5.88 Å². The zero-order valence-corrected chi connectivity index (χ0v) is 16.6. The van der Waals surface area contributed by atoms with Crippen LogP contribution in [0.1, 0.15) is 30.1 Å². The number of benzene rings is 1. The Morgan fingerprint density at radius 3 is 2.73 bits per heavy atom. The molecule has 7 nitrogen and oxygen atoms in total. The minimum atomic E-state index is -0.810. The molecule has 1 amide bonds. The molecular formula is C21H23F2N5O2. The summed E-state index contributed by atoms with van der Waals surface area (Å²) in [5.41, 5.74) is 0.385. The molecule has 30 heavy (non-hydrogen) atoms. The van der Waals surface area contributed by atoms with Gasteiger partial charge in [-0.3, -0.25) is 4.79 Å². The molecule has 2 aromatic heterocycles. The van der Waals surface area contributed by atoms with Gasteiger partial charge in [-0.1, -0.05) is 6.92 Å². The summed E-state index contributed by atoms with van der Waals surface area (Å²) >= 11 is 0. The number of carbonyl (C=O) groups excluding carboxylic acids is 1. The Balaban J connectivity index is 1.56. The number of carbonyl (C=O) groups is 1. The minimum Gasteiger partial charge on any atom is -0.493 e. The van der Waals surface area contributed by atoms with E-state index in [9.17, 15) is 18.7 Å². The molecule has 9 heteroatoms. The second kappa shape index (κ2) is 8.35. The van der Waals surface area contributed by atoms with Crippen LogP contribution < -0.4 is 5.32 Å². The van der Waals surface area contributed by atoms with Crippen LogP contribution in [0.15, 0.2) is 30.5 Å². The highest BCUT2D eigenvalue weighted by atomic mass is 19.1. The van der Waals surface area contributed by atoms with Gasteiger partial charge < -0.3 is 15.3 Å². The normalized spacial score (nSPS) is 15.6. The van der Waals surface area contributed by atoms with Gasteiger partial charge in [0.1, 0.15) is 17.2 Å². The first-order chi connectivity index (χ1) is 14.5. The number of piperidine rings is 1. The SMILES string of the molecule is CCN1CCC(CNC(=O)c2cnn3c(O)cc(-c4ccc(F)cc4F)nc23)CC1. The van der Waals surface area contributed by atoms with E-state index < -0.39 is 11.6 Å². The van der Waals surface area contributed by atoms with Gasteiger partial charge in [-0.15, -0.1) is 0 Å². The van der Waals surface area contributed by atoms with Crippen molar-refractivity contribution in [2.75, 3.05) is 26.2 Å². The molecule has 0 spiro atoms. The fraction of sp³-hybridized carbons (Fsp3) is 0.381. The summed E-state index contributed by atoms with van der Waals surface area (Å²) in [6.07, 6.45) is 3.37. The summed E-state index contributed by atoms with van der Waals surface area (Å²) in [5.74, 6) is -1.77. The van der Waals surface area contributed by atoms with E-state index in [1.165, 1.54) is 18.3 Å². The second-order valence-electron chi connectivity index (χ2n) is 7.51. The van der Waals surface area contributed by atoms with Gasteiger partial charge in [0.15, 0.2) is 5.65 Å². The number of halogens is 2. The lowest BCUT2D eigenvalue weighted by Gasteiger charge is -2.30. The smallest absolute Gasteiger partial charge is 0.256 e. The zero-order chi connectivity index (χ0) is 21.3. The largest absolute Gasteiger partial charge is 0.493 e. The lowest BCUT2D eigenvalue weighted by atomic mass is 9.97. The molecule has 1 aromatic carbocycles. The first kappa shape index (κ1) is 20.2. The Labute approximate surface area is 172 Å². The van der Waals surface area contributed by atoms with E-state index in [2.05, 4.69) is 27.2 Å². The number of amides is 1. The molecule has 0 aliphatic carbocycles. The van der Waals surface area contributed by atoms with Gasteiger partial charge in [0, 0.05) is 24.2 Å². The molecule has 0 radical (unpaired) electrons. The van der Waals surface area contributed by atoms with E-state index in [4.69, 9.17) is 0 Å². The summed E-state index contributed by atoms with van der Waals surface area (Å²) in [6, 6.07) is 4.31. The number of hydrogen-bond acceptors (Lipinski definition) is 5. The number of fused-ring (bicyclic) bond motifs is 1. The van der Waals surface area contributed by atoms with Crippen molar-refractivity contribution in [3.63, 3.8) is 0 Å². The number of hydrogen-bond donors (Lipinski definition) is 2. The third-order valence-electron chi connectivity index (χ3n) is 5.61. The highest BCUT2D eigenvalue weighted by Crippen LogP contribution is 2.27. The first-order valence-corrected chi connectivity index (χ1v) is 10.00. The van der Waals surface area contributed by atoms with Crippen molar-refractivity contribution in [2.24, 2.45) is 5.92 Å². The highest BCUT2D eigenvalue weighted by Gasteiger charge is 2.22. The predicted octanol–water partition coefficient (Wildman–Crippen LogP) is 2.84. The molecule has 1 saturated heterocycles. The van der Waals surface area contributed by atoms with E-state index in [0.717, 1.165) is 49.1 Å². The summed E-state index contributed by atoms with van der Waals surface area (Å²) < 4.78 is 28.5. The van der Waals surface area contributed by atoms with E-state index in [0.29, 0.717) is 12.5 Å². The van der Waals surface area contributed by atoms with Gasteiger partial charge >= 0.3 is 0 Å². The molecule has 0 saturated carbocycles. The van der Waals surface area contributed by atoms with Gasteiger partial charge in [-0.05, 0) is 50.5 Å². The van der Waals surface area contributed by atoms with Crippen molar-refractivity contribution in [1.29, 1.82) is 0 Å². The van der Waals surface area contributed by atoms with Crippen LogP contribution in [0.25, 0.3) is 16.9 Å². The van der Waals surface area contributed by atoms with E-state index in [1.807, 2.05) is 0 Å². The molecule has 2 N–H and O–H groups in total. The van der Waals surface area contributed by atoms with Crippen molar-refractivity contribution in [2.45, 2.75) is 19.8 Å². The van der Waals surface area contributed by atoms with Gasteiger partial charge in [0.25, 0.3) is 5.91 Å². The number of nitrogens with one attached hydrogen (secondary N) is 1. The molecule has 0 atom stereocenters. The Hall–Kier alpha value is -3.07. The Bertz CT molecular complexity index is 1080. The summed E-state index contributed by atoms with van der Waals surface area (Å²) in [6.45, 7) is 5.77. The van der Waals surface area contributed by atoms with Gasteiger partial charge in [-0.25, -0.2) is 13.8 Å². The monoisotopic (exact) mass is 415 g/mol. The van der Waals surface area contributed by atoms with E-state index in [-0.39, 0.29) is 34.3 Å². The first-order valence-electron chi connectivity index (χ1n) is 10.00. The van der Waals surface area contributed by atoms with Crippen LogP contribution in [0.3, 0.4) is 0 Å². The topological polar surface area (TPSA) is 82.8 Å². The highest BCUT2D eigenvalue weighted by molar-refractivity contribution is 6.00. The third kappa shape index (κ3) is 3.97. The summed E-state index contributed by atoms with van der Waals surface area (Å²) in [4.78, 5) is 19.4. The summed E-state index contributed by atoms with van der Waals surface area (Å²) in [5, 5.41) is 17.2. The molecule has 1 aliphatic rings. The standard InChI is InChI=1S/C21H23F2N5O2/c1-2-27-7-5-13(6-8-27)11-24-21(30)16-12-25-28-19(29)10-18(26-20(16)28)15-4-3-14(22)9-17(15)23/h3-4,9-10,12-13,29H,2,5-8,11H2,1H3,(H,24,30). The molecule has 0 unspecified atom stereocenters. The fourth-order valence-electron chi connectivity index (χ4n) is 3.78. The molecule has 0 bridgehead atoms. The van der Waals surface area contributed by atoms with Crippen LogP contribution in [0.2, 0.25) is 0 Å². The van der Waals surface area contributed by atoms with Crippen LogP contribution in [-0.2, 0) is 0 Å². The maximum Gasteiger partial charge on any atom is 0.256 e. The van der Waals surface area contributed by atoms with Crippen molar-refractivity contribution in [3.05, 3.63) is 47.7 Å². The van der Waals surface area contributed by atoms with Gasteiger partial charge in [0.05, 0.1) is 11.9 Å². The zero-order valence-electron chi connectivity index (χ0n) is 16.6. The average Bonchev–Trinajstić information content (AvgIpc) is 3.17. The lowest BCUT2D eigenvalue weighted by molar-refractivity contribution is 0.0938. The Morgan fingerprint density at radius 2 is 2.03 bits per heavy atom. The van der Waals surface area contributed by atoms with E-state index >= 15 is 0 Å². The van der Waals surface area contributed by atoms with Crippen LogP contribution in [-0.4, -0.2) is 56.7 Å². The average molecular weight is 415 g/mol. The maximum absolute atomic E-state index is 14.2. The number of aromatic hydroxyl groups is 1. The number of likely N-dealkylation sites (tertiary alicyclic amines) is 1. The predicted molar refractivity (Wildman–Crippen MR) is 107 cm³/mol. The Morgan fingerprint density at radius 1 is 1.27 bits per heavy atom. The molecule has 1 fully saturated rings.